The minimum Gasteiger partial charge on any atom is -0.413 e. The molecule has 0 aromatic rings. The average molecular weight is 687 g/mol. The molecule has 0 unspecified atom stereocenters. The Morgan fingerprint density at radius 2 is 1.53 bits per heavy atom. The van der Waals surface area contributed by atoms with Crippen LogP contribution in [0, 0.1) is 40.9 Å². The Hall–Kier alpha value is -0.686. The smallest absolute Gasteiger partial charge is 0.192 e. The highest BCUT2D eigenvalue weighted by molar-refractivity contribution is 6.74. The second-order valence-electron chi connectivity index (χ2n) is 19.1. The van der Waals surface area contributed by atoms with Gasteiger partial charge in [0.05, 0.1) is 18.3 Å². The van der Waals surface area contributed by atoms with Gasteiger partial charge in [-0.05, 0) is 116 Å². The quantitative estimate of drug-likeness (QED) is 0.116. The molecule has 0 N–H and O–H groups in total. The van der Waals surface area contributed by atoms with E-state index in [-0.39, 0.29) is 28.4 Å². The molecule has 7 atom stereocenters. The maximum Gasteiger partial charge on any atom is 0.192 e. The summed E-state index contributed by atoms with van der Waals surface area (Å²) in [6, 6.07) is 0. The molecule has 0 bridgehead atoms. The van der Waals surface area contributed by atoms with Crippen LogP contribution in [-0.2, 0) is 18.3 Å². The van der Waals surface area contributed by atoms with E-state index in [0.717, 1.165) is 31.6 Å². The maximum absolute atomic E-state index is 7.13. The van der Waals surface area contributed by atoms with Gasteiger partial charge in [0.25, 0.3) is 0 Å². The molecular weight excluding hydrogens is 613 g/mol. The van der Waals surface area contributed by atoms with Crippen LogP contribution < -0.4 is 0 Å². The molecule has 3 aliphatic carbocycles. The molecule has 0 aromatic heterocycles. The lowest BCUT2D eigenvalue weighted by Crippen LogP contribution is -2.49. The highest BCUT2D eigenvalue weighted by Gasteiger charge is 2.50. The lowest BCUT2D eigenvalue weighted by molar-refractivity contribution is -0.0914. The van der Waals surface area contributed by atoms with Crippen molar-refractivity contribution in [2.75, 3.05) is 13.9 Å². The van der Waals surface area contributed by atoms with Crippen molar-refractivity contribution in [2.45, 2.75) is 182 Å². The largest absolute Gasteiger partial charge is 0.413 e. The van der Waals surface area contributed by atoms with Crippen molar-refractivity contribution in [3.63, 3.8) is 0 Å². The second kappa shape index (κ2) is 15.7. The molecule has 0 radical (unpaired) electrons. The Morgan fingerprint density at radius 3 is 2.11 bits per heavy atom. The summed E-state index contributed by atoms with van der Waals surface area (Å²) in [7, 11) is -2.19. The number of ether oxygens (including phenoxy) is 2. The molecule has 47 heavy (non-hydrogen) atoms. The van der Waals surface area contributed by atoms with Crippen LogP contribution in [-0.4, -0.2) is 48.8 Å². The van der Waals surface area contributed by atoms with Gasteiger partial charge in [0, 0.05) is 31.1 Å². The fourth-order valence-electron chi connectivity index (χ4n) is 8.01. The molecule has 0 amide bonds. The molecule has 3 aliphatic rings. The van der Waals surface area contributed by atoms with E-state index in [1.165, 1.54) is 42.4 Å². The highest BCUT2D eigenvalue weighted by atomic mass is 28.4. The summed E-state index contributed by atoms with van der Waals surface area (Å²) in [5, 5.41) is 0.331. The van der Waals surface area contributed by atoms with Gasteiger partial charge in [-0.3, -0.25) is 0 Å². The summed E-state index contributed by atoms with van der Waals surface area (Å²) in [5.41, 5.74) is 4.31. The fourth-order valence-corrected chi connectivity index (χ4v) is 10.7. The lowest BCUT2D eigenvalue weighted by atomic mass is 9.62. The highest BCUT2D eigenvalue weighted by Crippen LogP contribution is 2.58. The van der Waals surface area contributed by atoms with Gasteiger partial charge in [0.15, 0.2) is 16.6 Å². The van der Waals surface area contributed by atoms with E-state index in [9.17, 15) is 0 Å². The van der Waals surface area contributed by atoms with Crippen LogP contribution in [0.15, 0.2) is 22.8 Å². The number of hydrogen-bond acceptors (Lipinski definition) is 4. The third-order valence-corrected chi connectivity index (χ3v) is 22.3. The summed E-state index contributed by atoms with van der Waals surface area (Å²) in [6.45, 7) is 35.8. The monoisotopic (exact) mass is 687 g/mol. The van der Waals surface area contributed by atoms with E-state index < -0.39 is 16.6 Å². The normalized spacial score (nSPS) is 28.9. The molecule has 1 saturated carbocycles. The van der Waals surface area contributed by atoms with Crippen molar-refractivity contribution in [2.24, 2.45) is 29.1 Å². The third-order valence-electron chi connectivity index (χ3n) is 13.3. The topological polar surface area (TPSA) is 36.9 Å². The van der Waals surface area contributed by atoms with Gasteiger partial charge >= 0.3 is 0 Å². The van der Waals surface area contributed by atoms with Crippen molar-refractivity contribution < 1.29 is 18.3 Å². The molecule has 0 aliphatic heterocycles. The Balaban J connectivity index is 1.85. The van der Waals surface area contributed by atoms with Crippen molar-refractivity contribution in [3.05, 3.63) is 22.8 Å². The van der Waals surface area contributed by atoms with Crippen molar-refractivity contribution in [1.82, 2.24) is 0 Å². The first-order chi connectivity index (χ1) is 21.5. The van der Waals surface area contributed by atoms with Crippen LogP contribution in [0.5, 0.6) is 0 Å². The summed E-state index contributed by atoms with van der Waals surface area (Å²) < 4.78 is 25.5. The van der Waals surface area contributed by atoms with Crippen LogP contribution >= 0.6 is 0 Å². The predicted octanol–water partition coefficient (Wildman–Crippen LogP) is 11.7. The molecule has 1 fully saturated rings. The first-order valence-electron chi connectivity index (χ1n) is 18.9. The zero-order chi connectivity index (χ0) is 35.6. The molecule has 0 spiro atoms. The maximum atomic E-state index is 7.13. The summed E-state index contributed by atoms with van der Waals surface area (Å²) >= 11 is 0. The van der Waals surface area contributed by atoms with Crippen molar-refractivity contribution >= 4 is 16.6 Å². The van der Waals surface area contributed by atoms with Gasteiger partial charge < -0.3 is 18.3 Å². The van der Waals surface area contributed by atoms with Crippen LogP contribution in [0.4, 0.5) is 0 Å². The van der Waals surface area contributed by atoms with Crippen molar-refractivity contribution in [1.29, 1.82) is 0 Å². The first kappa shape index (κ1) is 40.7. The predicted molar refractivity (Wildman–Crippen MR) is 205 cm³/mol. The van der Waals surface area contributed by atoms with Gasteiger partial charge in [-0.1, -0.05) is 87.2 Å². The minimum absolute atomic E-state index is 0.0774. The zero-order valence-electron chi connectivity index (χ0n) is 33.6. The number of methoxy groups -OCH3 is 1. The number of allylic oxidation sites excluding steroid dienone is 2. The Morgan fingerprint density at radius 1 is 0.915 bits per heavy atom. The fraction of sp³-hybridized carbons (Fsp3) is 0.854. The van der Waals surface area contributed by atoms with Gasteiger partial charge in [-0.25, -0.2) is 0 Å². The summed E-state index contributed by atoms with van der Waals surface area (Å²) in [5.74, 6) is 10.1. The Labute approximate surface area is 293 Å². The molecular formula is C41H74O4Si2. The summed E-state index contributed by atoms with van der Waals surface area (Å²) in [4.78, 5) is 0. The Bertz CT molecular complexity index is 1170. The molecule has 0 heterocycles. The third kappa shape index (κ3) is 9.76. The average Bonchev–Trinajstić information content (AvgIpc) is 3.29. The second-order valence-corrected chi connectivity index (χ2v) is 28.6. The van der Waals surface area contributed by atoms with E-state index in [1.807, 2.05) is 0 Å². The van der Waals surface area contributed by atoms with Gasteiger partial charge in [-0.15, -0.1) is 0 Å². The zero-order valence-corrected chi connectivity index (χ0v) is 35.6. The molecule has 270 valence electrons. The van der Waals surface area contributed by atoms with E-state index in [1.54, 1.807) is 7.11 Å². The standard InChI is InChI=1S/C41H74O4Si2/c1-29(2)37(43-28-42-12)24-19-30(3)35-22-23-36-32(18-17-25-41(35,36)11)20-21-33-26-34(44-46(13,14)39(5,6)7)27-38(31(33)4)45-47(15,16)40(8,9)10/h18,29-30,34-38H,17,19,22-28H2,1-16H3/t30-,34-,35-,36+,37-,38+,41-/m1/s1. The van der Waals surface area contributed by atoms with Crippen molar-refractivity contribution in [3.8, 4) is 11.8 Å². The van der Waals surface area contributed by atoms with E-state index in [4.69, 9.17) is 18.3 Å². The minimum atomic E-state index is -1.97. The van der Waals surface area contributed by atoms with Crippen LogP contribution in [0.3, 0.4) is 0 Å². The van der Waals surface area contributed by atoms with E-state index in [2.05, 4.69) is 120 Å². The van der Waals surface area contributed by atoms with Crippen LogP contribution in [0.25, 0.3) is 0 Å². The van der Waals surface area contributed by atoms with E-state index >= 15 is 0 Å². The molecule has 3 rings (SSSR count). The molecule has 0 aromatic carbocycles. The van der Waals surface area contributed by atoms with E-state index in [0.29, 0.717) is 30.0 Å². The lowest BCUT2D eigenvalue weighted by Gasteiger charge is -2.45. The first-order valence-corrected chi connectivity index (χ1v) is 24.7. The van der Waals surface area contributed by atoms with Crippen LogP contribution in [0.1, 0.15) is 128 Å². The Kier molecular flexibility index (Phi) is 13.6. The van der Waals surface area contributed by atoms with Gasteiger partial charge in [0.1, 0.15) is 6.79 Å². The molecule has 4 nitrogen and oxygen atoms in total. The molecule has 0 saturated heterocycles. The number of hydrogen-bond donors (Lipinski definition) is 0. The van der Waals surface area contributed by atoms with Crippen LogP contribution in [0.2, 0.25) is 36.3 Å². The van der Waals surface area contributed by atoms with Gasteiger partial charge in [0.2, 0.25) is 0 Å². The number of rotatable bonds is 12. The molecule has 6 heteroatoms. The van der Waals surface area contributed by atoms with Gasteiger partial charge in [-0.2, -0.15) is 0 Å². The summed E-state index contributed by atoms with van der Waals surface area (Å²) in [6.07, 6.45) is 12.1. The SMILES string of the molecule is COCO[C@H](CC[C@@H](C)[C@H]1CC[C@H]2C(C#CC3=C(C)[C@@H](O[Si](C)(C)C(C)(C)C)C[C@H](O[Si](C)(C)C(C)(C)C)C3)=CCC[C@]12C)C(C)C. The number of fused-ring (bicyclic) bond motifs is 1.